The smallest absolute Gasteiger partial charge is 0.331 e. The average Bonchev–Trinajstić information content (AvgIpc) is 3.02. The van der Waals surface area contributed by atoms with E-state index < -0.39 is 5.69 Å². The molecule has 3 heterocycles. The normalized spacial score (nSPS) is 18.5. The van der Waals surface area contributed by atoms with Crippen LogP contribution in [0.5, 0.6) is 0 Å². The first-order chi connectivity index (χ1) is 11.0. The monoisotopic (exact) mass is 335 g/mol. The molecule has 1 saturated heterocycles. The van der Waals surface area contributed by atoms with Crippen molar-refractivity contribution in [2.45, 2.75) is 52.2 Å². The predicted molar refractivity (Wildman–Crippen MR) is 91.0 cm³/mol. The number of likely N-dealkylation sites (tertiary alicyclic amines) is 1. The van der Waals surface area contributed by atoms with E-state index in [0.717, 1.165) is 25.8 Å². The van der Waals surface area contributed by atoms with Gasteiger partial charge < -0.3 is 4.90 Å². The van der Waals surface area contributed by atoms with Crippen molar-refractivity contribution in [2.75, 3.05) is 6.54 Å². The van der Waals surface area contributed by atoms with E-state index in [-0.39, 0.29) is 24.1 Å². The van der Waals surface area contributed by atoms with Crippen LogP contribution < -0.4 is 11.2 Å². The van der Waals surface area contributed by atoms with Gasteiger partial charge >= 0.3 is 5.69 Å². The highest BCUT2D eigenvalue weighted by molar-refractivity contribution is 7.17. The van der Waals surface area contributed by atoms with Crippen LogP contribution >= 0.6 is 11.3 Å². The van der Waals surface area contributed by atoms with E-state index in [9.17, 15) is 14.4 Å². The number of nitrogens with zero attached hydrogens (tertiary/aromatic N) is 3. The van der Waals surface area contributed by atoms with E-state index in [1.54, 1.807) is 18.4 Å². The molecule has 1 amide bonds. The molecule has 1 atom stereocenters. The maximum absolute atomic E-state index is 12.7. The molecule has 7 heteroatoms. The summed E-state index contributed by atoms with van der Waals surface area (Å²) < 4.78 is 3.18. The highest BCUT2D eigenvalue weighted by Crippen LogP contribution is 2.18. The zero-order valence-electron chi connectivity index (χ0n) is 13.4. The molecule has 0 radical (unpaired) electrons. The number of thiophene rings is 1. The first kappa shape index (κ1) is 16.0. The fourth-order valence-electron chi connectivity index (χ4n) is 3.26. The van der Waals surface area contributed by atoms with Gasteiger partial charge in [0.25, 0.3) is 5.56 Å². The molecule has 124 valence electrons. The molecular weight excluding hydrogens is 314 g/mol. The van der Waals surface area contributed by atoms with Gasteiger partial charge in [-0.2, -0.15) is 0 Å². The number of fused-ring (bicyclic) bond motifs is 1. The zero-order chi connectivity index (χ0) is 16.6. The molecule has 0 spiro atoms. The Bertz CT molecular complexity index is 848. The summed E-state index contributed by atoms with van der Waals surface area (Å²) in [6.07, 6.45) is 3.15. The van der Waals surface area contributed by atoms with Crippen LogP contribution in [0.15, 0.2) is 21.0 Å². The van der Waals surface area contributed by atoms with Gasteiger partial charge in [0, 0.05) is 19.1 Å². The highest BCUT2D eigenvalue weighted by atomic mass is 32.1. The summed E-state index contributed by atoms with van der Waals surface area (Å²) in [7, 11) is 0. The van der Waals surface area contributed by atoms with E-state index in [1.807, 2.05) is 11.8 Å². The van der Waals surface area contributed by atoms with Gasteiger partial charge in [-0.05, 0) is 44.6 Å². The van der Waals surface area contributed by atoms with Gasteiger partial charge in [0.1, 0.15) is 11.2 Å². The lowest BCUT2D eigenvalue weighted by Gasteiger charge is -2.33. The maximum atomic E-state index is 12.7. The Morgan fingerprint density at radius 3 is 2.78 bits per heavy atom. The lowest BCUT2D eigenvalue weighted by Crippen LogP contribution is -2.46. The van der Waals surface area contributed by atoms with Crippen LogP contribution in [-0.4, -0.2) is 32.5 Å². The maximum Gasteiger partial charge on any atom is 0.331 e. The van der Waals surface area contributed by atoms with Gasteiger partial charge in [-0.25, -0.2) is 4.79 Å². The lowest BCUT2D eigenvalue weighted by molar-refractivity contribution is -0.135. The van der Waals surface area contributed by atoms with Crippen molar-refractivity contribution < 1.29 is 4.79 Å². The molecule has 1 aliphatic rings. The SMILES string of the molecule is CCn1c(=O)c2sccc2n(CC(=O)N2CCCCC2C)c1=O. The Balaban J connectivity index is 2.03. The fourth-order valence-corrected chi connectivity index (χ4v) is 4.10. The van der Waals surface area contributed by atoms with Crippen LogP contribution in [0.2, 0.25) is 0 Å². The van der Waals surface area contributed by atoms with Crippen LogP contribution in [0.3, 0.4) is 0 Å². The molecule has 0 bridgehead atoms. The zero-order valence-corrected chi connectivity index (χ0v) is 14.3. The van der Waals surface area contributed by atoms with Gasteiger partial charge in [0.05, 0.1) is 5.52 Å². The molecule has 1 fully saturated rings. The molecule has 23 heavy (non-hydrogen) atoms. The third-order valence-electron chi connectivity index (χ3n) is 4.57. The van der Waals surface area contributed by atoms with Crippen molar-refractivity contribution in [3.8, 4) is 0 Å². The molecule has 1 aliphatic heterocycles. The standard InChI is InChI=1S/C16H21N3O3S/c1-3-17-15(21)14-12(7-9-23-14)19(16(17)22)10-13(20)18-8-5-4-6-11(18)2/h7,9,11H,3-6,8,10H2,1-2H3. The van der Waals surface area contributed by atoms with E-state index >= 15 is 0 Å². The Hall–Kier alpha value is -1.89. The first-order valence-corrected chi connectivity index (χ1v) is 8.93. The average molecular weight is 335 g/mol. The molecule has 0 saturated carbocycles. The minimum absolute atomic E-state index is 0.00329. The Morgan fingerprint density at radius 2 is 2.09 bits per heavy atom. The molecule has 6 nitrogen and oxygen atoms in total. The van der Waals surface area contributed by atoms with Crippen LogP contribution in [0.4, 0.5) is 0 Å². The van der Waals surface area contributed by atoms with Crippen molar-refractivity contribution in [1.29, 1.82) is 0 Å². The second kappa shape index (κ2) is 6.31. The number of piperidine rings is 1. The number of rotatable bonds is 3. The van der Waals surface area contributed by atoms with Crippen LogP contribution in [0.25, 0.3) is 10.2 Å². The summed E-state index contributed by atoms with van der Waals surface area (Å²) in [5, 5.41) is 1.79. The Morgan fingerprint density at radius 1 is 1.30 bits per heavy atom. The highest BCUT2D eigenvalue weighted by Gasteiger charge is 2.24. The fraction of sp³-hybridized carbons (Fsp3) is 0.562. The third-order valence-corrected chi connectivity index (χ3v) is 5.46. The number of aromatic nitrogens is 2. The number of hydrogen-bond donors (Lipinski definition) is 0. The lowest BCUT2D eigenvalue weighted by atomic mass is 10.0. The number of carbonyl (C=O) groups is 1. The molecule has 3 rings (SSSR count). The molecule has 2 aromatic heterocycles. The van der Waals surface area contributed by atoms with Gasteiger partial charge in [0.15, 0.2) is 0 Å². The van der Waals surface area contributed by atoms with Gasteiger partial charge in [-0.15, -0.1) is 11.3 Å². The topological polar surface area (TPSA) is 64.3 Å². The number of hydrogen-bond acceptors (Lipinski definition) is 4. The predicted octanol–water partition coefficient (Wildman–Crippen LogP) is 1.65. The Kier molecular flexibility index (Phi) is 4.39. The van der Waals surface area contributed by atoms with Gasteiger partial charge in [-0.1, -0.05) is 0 Å². The summed E-state index contributed by atoms with van der Waals surface area (Å²) >= 11 is 1.31. The van der Waals surface area contributed by atoms with Crippen molar-refractivity contribution in [2.24, 2.45) is 0 Å². The summed E-state index contributed by atoms with van der Waals surface area (Å²) in [5.74, 6) is -0.0481. The van der Waals surface area contributed by atoms with E-state index in [0.29, 0.717) is 16.8 Å². The van der Waals surface area contributed by atoms with Gasteiger partial charge in [-0.3, -0.25) is 18.7 Å². The van der Waals surface area contributed by atoms with Gasteiger partial charge in [0.2, 0.25) is 5.91 Å². The minimum atomic E-state index is -0.401. The van der Waals surface area contributed by atoms with E-state index in [1.165, 1.54) is 20.5 Å². The molecule has 2 aromatic rings. The van der Waals surface area contributed by atoms with Crippen molar-refractivity contribution in [1.82, 2.24) is 14.0 Å². The molecule has 0 aliphatic carbocycles. The number of carbonyl (C=O) groups excluding carboxylic acids is 1. The molecule has 0 N–H and O–H groups in total. The molecule has 1 unspecified atom stereocenters. The Labute approximate surface area is 138 Å². The van der Waals surface area contributed by atoms with Crippen molar-refractivity contribution in [3.05, 3.63) is 32.3 Å². The molecular formula is C16H21N3O3S. The second-order valence-corrected chi connectivity index (χ2v) is 6.90. The van der Waals surface area contributed by atoms with E-state index in [2.05, 4.69) is 0 Å². The van der Waals surface area contributed by atoms with Crippen LogP contribution in [-0.2, 0) is 17.9 Å². The van der Waals surface area contributed by atoms with Crippen molar-refractivity contribution >= 4 is 27.5 Å². The largest absolute Gasteiger partial charge is 0.338 e. The number of amides is 1. The van der Waals surface area contributed by atoms with Crippen LogP contribution in [0.1, 0.15) is 33.1 Å². The summed E-state index contributed by atoms with van der Waals surface area (Å²) in [6, 6.07) is 1.96. The summed E-state index contributed by atoms with van der Waals surface area (Å²) in [4.78, 5) is 39.4. The van der Waals surface area contributed by atoms with Crippen LogP contribution in [0, 0.1) is 0 Å². The molecule has 0 aromatic carbocycles. The first-order valence-electron chi connectivity index (χ1n) is 8.05. The second-order valence-electron chi connectivity index (χ2n) is 5.99. The summed E-state index contributed by atoms with van der Waals surface area (Å²) in [6.45, 7) is 4.86. The van der Waals surface area contributed by atoms with E-state index in [4.69, 9.17) is 0 Å². The minimum Gasteiger partial charge on any atom is -0.338 e. The van der Waals surface area contributed by atoms with Crippen molar-refractivity contribution in [3.63, 3.8) is 0 Å². The summed E-state index contributed by atoms with van der Waals surface area (Å²) in [5.41, 5.74) is -0.105. The third kappa shape index (κ3) is 2.73. The quantitative estimate of drug-likeness (QED) is 0.857.